The maximum absolute atomic E-state index is 11.0. The van der Waals surface area contributed by atoms with Crippen molar-refractivity contribution in [3.8, 4) is 0 Å². The second-order valence-corrected chi connectivity index (χ2v) is 5.12. The van der Waals surface area contributed by atoms with E-state index >= 15 is 0 Å². The van der Waals surface area contributed by atoms with E-state index in [0.717, 1.165) is 13.0 Å². The highest BCUT2D eigenvalue weighted by molar-refractivity contribution is 5.83. The van der Waals surface area contributed by atoms with Gasteiger partial charge in [0.25, 0.3) is 0 Å². The minimum absolute atomic E-state index is 0.133. The van der Waals surface area contributed by atoms with Crippen LogP contribution in [0.4, 0.5) is 0 Å². The summed E-state index contributed by atoms with van der Waals surface area (Å²) in [5, 5.41) is 0. The molecular formula is C11H25N3O. The zero-order valence-electron chi connectivity index (χ0n) is 10.6. The van der Waals surface area contributed by atoms with E-state index in [2.05, 4.69) is 25.7 Å². The number of hydrogen-bond acceptors (Lipinski definition) is 3. The van der Waals surface area contributed by atoms with Gasteiger partial charge >= 0.3 is 0 Å². The Morgan fingerprint density at radius 1 is 1.33 bits per heavy atom. The van der Waals surface area contributed by atoms with Crippen LogP contribution in [0.25, 0.3) is 0 Å². The number of carbonyl (C=O) groups is 1. The first-order chi connectivity index (χ1) is 6.63. The molecule has 1 atom stereocenters. The van der Waals surface area contributed by atoms with Gasteiger partial charge in [-0.3, -0.25) is 4.79 Å². The molecule has 0 aromatic carbocycles. The van der Waals surface area contributed by atoms with Gasteiger partial charge in [0, 0.05) is 12.1 Å². The van der Waals surface area contributed by atoms with Crippen molar-refractivity contribution in [2.75, 3.05) is 13.6 Å². The minimum atomic E-state index is -0.905. The Morgan fingerprint density at radius 3 is 2.13 bits per heavy atom. The fourth-order valence-corrected chi connectivity index (χ4v) is 1.10. The summed E-state index contributed by atoms with van der Waals surface area (Å²) in [4.78, 5) is 13.2. The second-order valence-electron chi connectivity index (χ2n) is 5.12. The molecule has 0 aliphatic heterocycles. The van der Waals surface area contributed by atoms with Gasteiger partial charge in [-0.05, 0) is 40.7 Å². The zero-order chi connectivity index (χ0) is 12.3. The van der Waals surface area contributed by atoms with Crippen LogP contribution in [-0.4, -0.2) is 35.5 Å². The lowest BCUT2D eigenvalue weighted by Crippen LogP contribution is -2.52. The van der Waals surface area contributed by atoms with Crippen LogP contribution < -0.4 is 11.5 Å². The Bertz CT molecular complexity index is 224. The predicted octanol–water partition coefficient (Wildman–Crippen LogP) is 0.700. The molecule has 0 spiro atoms. The third kappa shape index (κ3) is 4.18. The maximum Gasteiger partial charge on any atom is 0.237 e. The molecule has 90 valence electrons. The molecule has 1 amide bonds. The molecule has 0 rings (SSSR count). The molecule has 0 aliphatic carbocycles. The van der Waals surface area contributed by atoms with Crippen LogP contribution in [-0.2, 0) is 4.79 Å². The Hall–Kier alpha value is -0.610. The summed E-state index contributed by atoms with van der Waals surface area (Å²) < 4.78 is 0. The van der Waals surface area contributed by atoms with E-state index in [1.54, 1.807) is 6.92 Å². The molecule has 0 aromatic heterocycles. The smallest absolute Gasteiger partial charge is 0.237 e. The van der Waals surface area contributed by atoms with Crippen LogP contribution in [0.15, 0.2) is 0 Å². The van der Waals surface area contributed by atoms with Crippen molar-refractivity contribution in [3.05, 3.63) is 0 Å². The van der Waals surface area contributed by atoms with Crippen molar-refractivity contribution in [2.24, 2.45) is 11.5 Å². The number of carbonyl (C=O) groups excluding carboxylic acids is 1. The normalized spacial score (nSPS) is 16.5. The first kappa shape index (κ1) is 14.4. The molecular weight excluding hydrogens is 190 g/mol. The summed E-state index contributed by atoms with van der Waals surface area (Å²) in [6, 6.07) is 0. The fraction of sp³-hybridized carbons (Fsp3) is 0.909. The number of hydrogen-bond donors (Lipinski definition) is 2. The Balaban J connectivity index is 4.23. The predicted molar refractivity (Wildman–Crippen MR) is 63.4 cm³/mol. The van der Waals surface area contributed by atoms with Crippen LogP contribution in [0.1, 0.15) is 40.5 Å². The monoisotopic (exact) mass is 215 g/mol. The fourth-order valence-electron chi connectivity index (χ4n) is 1.10. The molecule has 0 bridgehead atoms. The number of nitrogens with two attached hydrogens (primary N) is 2. The molecule has 0 heterocycles. The highest BCUT2D eigenvalue weighted by Crippen LogP contribution is 2.18. The summed E-state index contributed by atoms with van der Waals surface area (Å²) in [5.74, 6) is -0.440. The van der Waals surface area contributed by atoms with Crippen molar-refractivity contribution < 1.29 is 4.79 Å². The highest BCUT2D eigenvalue weighted by Gasteiger charge is 2.28. The molecule has 4 N–H and O–H groups in total. The van der Waals surface area contributed by atoms with E-state index in [9.17, 15) is 4.79 Å². The second kappa shape index (κ2) is 4.94. The van der Waals surface area contributed by atoms with Gasteiger partial charge in [-0.15, -0.1) is 0 Å². The summed E-state index contributed by atoms with van der Waals surface area (Å²) in [5.41, 5.74) is 10.2. The maximum atomic E-state index is 11.0. The lowest BCUT2D eigenvalue weighted by Gasteiger charge is -2.36. The molecule has 0 fully saturated rings. The number of primary amides is 1. The van der Waals surface area contributed by atoms with Gasteiger partial charge in [-0.2, -0.15) is 0 Å². The Kier molecular flexibility index (Phi) is 4.74. The van der Waals surface area contributed by atoms with Gasteiger partial charge in [-0.25, -0.2) is 0 Å². The quantitative estimate of drug-likeness (QED) is 0.685. The van der Waals surface area contributed by atoms with Gasteiger partial charge < -0.3 is 16.4 Å². The van der Waals surface area contributed by atoms with Gasteiger partial charge in [0.2, 0.25) is 5.91 Å². The number of rotatable bonds is 6. The zero-order valence-corrected chi connectivity index (χ0v) is 10.6. The van der Waals surface area contributed by atoms with E-state index in [4.69, 9.17) is 11.5 Å². The molecule has 0 radical (unpaired) electrons. The summed E-state index contributed by atoms with van der Waals surface area (Å²) >= 11 is 0. The van der Waals surface area contributed by atoms with E-state index in [0.29, 0.717) is 6.42 Å². The molecule has 15 heavy (non-hydrogen) atoms. The van der Waals surface area contributed by atoms with E-state index in [-0.39, 0.29) is 5.54 Å². The van der Waals surface area contributed by atoms with E-state index in [1.807, 2.05) is 7.05 Å². The van der Waals surface area contributed by atoms with Gasteiger partial charge in [0.15, 0.2) is 0 Å². The van der Waals surface area contributed by atoms with Crippen LogP contribution in [0.5, 0.6) is 0 Å². The molecule has 0 saturated heterocycles. The lowest BCUT2D eigenvalue weighted by molar-refractivity contribution is -0.123. The average molecular weight is 215 g/mol. The van der Waals surface area contributed by atoms with Gasteiger partial charge in [0.1, 0.15) is 0 Å². The van der Waals surface area contributed by atoms with Crippen LogP contribution in [0.3, 0.4) is 0 Å². The summed E-state index contributed by atoms with van der Waals surface area (Å²) in [6.07, 6.45) is 1.64. The molecule has 0 aliphatic rings. The summed E-state index contributed by atoms with van der Waals surface area (Å²) in [7, 11) is 2.04. The van der Waals surface area contributed by atoms with Crippen molar-refractivity contribution in [3.63, 3.8) is 0 Å². The topological polar surface area (TPSA) is 72.3 Å². The Labute approximate surface area is 93.0 Å². The molecule has 4 nitrogen and oxygen atoms in total. The number of nitrogens with zero attached hydrogens (tertiary/aromatic N) is 1. The average Bonchev–Trinajstić information content (AvgIpc) is 2.13. The lowest BCUT2D eigenvalue weighted by atomic mass is 9.95. The van der Waals surface area contributed by atoms with Crippen molar-refractivity contribution in [1.29, 1.82) is 0 Å². The third-order valence-corrected chi connectivity index (χ3v) is 3.43. The van der Waals surface area contributed by atoms with Crippen LogP contribution >= 0.6 is 0 Å². The third-order valence-electron chi connectivity index (χ3n) is 3.43. The van der Waals surface area contributed by atoms with Crippen LogP contribution in [0, 0.1) is 0 Å². The molecule has 0 aromatic rings. The van der Waals surface area contributed by atoms with Gasteiger partial charge in [-0.1, -0.05) is 6.92 Å². The molecule has 1 unspecified atom stereocenters. The number of amides is 1. The van der Waals surface area contributed by atoms with E-state index in [1.165, 1.54) is 0 Å². The van der Waals surface area contributed by atoms with Crippen LogP contribution in [0.2, 0.25) is 0 Å². The van der Waals surface area contributed by atoms with E-state index < -0.39 is 11.4 Å². The highest BCUT2D eigenvalue weighted by atomic mass is 16.1. The summed E-state index contributed by atoms with van der Waals surface area (Å²) in [6.45, 7) is 8.95. The SMILES string of the molecule is CCC(C)(C)N(C)CCC(C)(N)C(N)=O. The van der Waals surface area contributed by atoms with Crippen molar-refractivity contribution >= 4 is 5.91 Å². The van der Waals surface area contributed by atoms with Crippen molar-refractivity contribution in [1.82, 2.24) is 4.90 Å². The van der Waals surface area contributed by atoms with Crippen molar-refractivity contribution in [2.45, 2.75) is 51.6 Å². The first-order valence-electron chi connectivity index (χ1n) is 5.43. The standard InChI is InChI=1S/C11H25N3O/c1-6-10(2,3)14(5)8-7-11(4,13)9(12)15/h6-8,13H2,1-5H3,(H2,12,15). The largest absolute Gasteiger partial charge is 0.368 e. The van der Waals surface area contributed by atoms with Gasteiger partial charge in [0.05, 0.1) is 5.54 Å². The minimum Gasteiger partial charge on any atom is -0.368 e. The first-order valence-corrected chi connectivity index (χ1v) is 5.43. The molecule has 4 heteroatoms. The molecule has 0 saturated carbocycles. The Morgan fingerprint density at radius 2 is 1.80 bits per heavy atom.